The van der Waals surface area contributed by atoms with Crippen molar-refractivity contribution in [1.82, 2.24) is 0 Å². The summed E-state index contributed by atoms with van der Waals surface area (Å²) in [5.74, 6) is 0. The van der Waals surface area contributed by atoms with Crippen LogP contribution in [0.15, 0.2) is 29.2 Å². The maximum atomic E-state index is 11.2. The molecule has 0 aliphatic carbocycles. The predicted molar refractivity (Wildman–Crippen MR) is 53.7 cm³/mol. The number of benzene rings is 1. The average molecular weight is 226 g/mol. The molecule has 4 nitrogen and oxygen atoms in total. The van der Waals surface area contributed by atoms with Crippen molar-refractivity contribution in [2.75, 3.05) is 6.79 Å². The quantitative estimate of drug-likeness (QED) is 0.447. The third-order valence-electron chi connectivity index (χ3n) is 1.52. The first-order valence-corrected chi connectivity index (χ1v) is 5.04. The van der Waals surface area contributed by atoms with Crippen LogP contribution in [0, 0.1) is 6.92 Å². The fraction of sp³-hybridized carbons (Fsp3) is 0.250. The summed E-state index contributed by atoms with van der Waals surface area (Å²) in [5, 5.41) is 8.32. The van der Waals surface area contributed by atoms with Crippen LogP contribution in [0.25, 0.3) is 0 Å². The van der Waals surface area contributed by atoms with Crippen LogP contribution in [0.3, 0.4) is 0 Å². The number of hydrogen-bond acceptors (Lipinski definition) is 4. The first-order valence-electron chi connectivity index (χ1n) is 3.63. The Morgan fingerprint density at radius 1 is 1.29 bits per heavy atom. The van der Waals surface area contributed by atoms with Crippen LogP contribution < -0.4 is 0 Å². The Morgan fingerprint density at radius 3 is 2.21 bits per heavy atom. The van der Waals surface area contributed by atoms with E-state index in [1.807, 2.05) is 6.92 Å². The molecule has 0 unspecified atom stereocenters. The SMILES string of the molecule is Cc1ccc(S(=O)(=O)OCO)cc1.[NaH]. The van der Waals surface area contributed by atoms with E-state index in [2.05, 4.69) is 4.18 Å². The topological polar surface area (TPSA) is 63.6 Å². The molecule has 0 aliphatic heterocycles. The molecule has 0 fully saturated rings. The molecule has 0 atom stereocenters. The fourth-order valence-corrected chi connectivity index (χ4v) is 1.59. The van der Waals surface area contributed by atoms with Crippen molar-refractivity contribution in [3.63, 3.8) is 0 Å². The van der Waals surface area contributed by atoms with E-state index in [4.69, 9.17) is 5.11 Å². The second kappa shape index (κ2) is 5.85. The van der Waals surface area contributed by atoms with E-state index in [0.29, 0.717) is 0 Å². The molecule has 0 radical (unpaired) electrons. The molecule has 0 spiro atoms. The average Bonchev–Trinajstić information content (AvgIpc) is 2.05. The standard InChI is InChI=1S/C8H10O4S.Na.H/c1-7-2-4-8(5-3-7)13(10,11)12-6-9;;/h2-5,9H,6H2,1H3;;. The predicted octanol–water partition coefficient (Wildman–Crippen LogP) is 0.00162. The van der Waals surface area contributed by atoms with Crippen molar-refractivity contribution in [2.24, 2.45) is 0 Å². The summed E-state index contributed by atoms with van der Waals surface area (Å²) in [6, 6.07) is 6.18. The molecule has 1 N–H and O–H groups in total. The van der Waals surface area contributed by atoms with E-state index in [1.165, 1.54) is 12.1 Å². The molecule has 1 rings (SSSR count). The number of hydrogen-bond donors (Lipinski definition) is 1. The van der Waals surface area contributed by atoms with Crippen molar-refractivity contribution in [1.29, 1.82) is 0 Å². The monoisotopic (exact) mass is 226 g/mol. The maximum absolute atomic E-state index is 11.2. The van der Waals surface area contributed by atoms with E-state index in [-0.39, 0.29) is 34.5 Å². The van der Waals surface area contributed by atoms with Gasteiger partial charge in [-0.1, -0.05) is 17.7 Å². The summed E-state index contributed by atoms with van der Waals surface area (Å²) >= 11 is 0. The third-order valence-corrected chi connectivity index (χ3v) is 2.78. The van der Waals surface area contributed by atoms with Gasteiger partial charge in [0.1, 0.15) is 0 Å². The molecule has 0 saturated carbocycles. The van der Waals surface area contributed by atoms with E-state index in [9.17, 15) is 8.42 Å². The van der Waals surface area contributed by atoms with Gasteiger partial charge in [-0.3, -0.25) is 0 Å². The van der Waals surface area contributed by atoms with Crippen LogP contribution in [0.4, 0.5) is 0 Å². The van der Waals surface area contributed by atoms with Crippen LogP contribution in [-0.4, -0.2) is 49.9 Å². The molecule has 0 saturated heterocycles. The molecule has 74 valence electrons. The van der Waals surface area contributed by atoms with Gasteiger partial charge in [0.25, 0.3) is 10.1 Å². The van der Waals surface area contributed by atoms with Gasteiger partial charge in [-0.05, 0) is 19.1 Å². The van der Waals surface area contributed by atoms with Crippen LogP contribution >= 0.6 is 0 Å². The van der Waals surface area contributed by atoms with E-state index in [0.717, 1.165) is 5.56 Å². The normalized spacial score (nSPS) is 10.7. The van der Waals surface area contributed by atoms with Gasteiger partial charge < -0.3 is 5.11 Å². The fourth-order valence-electron chi connectivity index (χ4n) is 0.842. The van der Waals surface area contributed by atoms with Crippen LogP contribution in [-0.2, 0) is 14.3 Å². The zero-order valence-corrected chi connectivity index (χ0v) is 7.91. The van der Waals surface area contributed by atoms with E-state index < -0.39 is 16.9 Å². The number of rotatable bonds is 3. The molecule has 1 aromatic rings. The van der Waals surface area contributed by atoms with Gasteiger partial charge in [-0.25, -0.2) is 4.18 Å². The molecule has 0 amide bonds. The number of aliphatic hydroxyl groups is 1. The van der Waals surface area contributed by atoms with Gasteiger partial charge in [0.05, 0.1) is 4.90 Å². The van der Waals surface area contributed by atoms with Crippen molar-refractivity contribution in [3.8, 4) is 0 Å². The molecule has 0 aromatic heterocycles. The van der Waals surface area contributed by atoms with Crippen molar-refractivity contribution >= 4 is 39.7 Å². The van der Waals surface area contributed by atoms with Crippen LogP contribution in [0.1, 0.15) is 5.56 Å². The minimum absolute atomic E-state index is 0. The first-order chi connectivity index (χ1) is 6.06. The molecule has 0 bridgehead atoms. The van der Waals surface area contributed by atoms with Crippen LogP contribution in [0.2, 0.25) is 0 Å². The molecular weight excluding hydrogens is 215 g/mol. The zero-order valence-electron chi connectivity index (χ0n) is 7.10. The van der Waals surface area contributed by atoms with Gasteiger partial charge in [-0.15, -0.1) is 0 Å². The summed E-state index contributed by atoms with van der Waals surface area (Å²) in [6.07, 6.45) is 0. The molecule has 14 heavy (non-hydrogen) atoms. The van der Waals surface area contributed by atoms with Crippen LogP contribution in [0.5, 0.6) is 0 Å². The molecule has 0 heterocycles. The van der Waals surface area contributed by atoms with Crippen molar-refractivity contribution in [2.45, 2.75) is 11.8 Å². The van der Waals surface area contributed by atoms with Crippen molar-refractivity contribution < 1.29 is 17.7 Å². The van der Waals surface area contributed by atoms with Crippen molar-refractivity contribution in [3.05, 3.63) is 29.8 Å². The third kappa shape index (κ3) is 3.68. The minimum atomic E-state index is -3.78. The summed E-state index contributed by atoms with van der Waals surface area (Å²) in [5.41, 5.74) is 0.961. The van der Waals surface area contributed by atoms with Gasteiger partial charge in [0, 0.05) is 0 Å². The number of aliphatic hydroxyl groups excluding tert-OH is 1. The Balaban J connectivity index is 0.00000169. The van der Waals surface area contributed by atoms with Gasteiger partial charge in [0.2, 0.25) is 0 Å². The molecule has 6 heteroatoms. The van der Waals surface area contributed by atoms with Gasteiger partial charge >= 0.3 is 29.6 Å². The summed E-state index contributed by atoms with van der Waals surface area (Å²) in [7, 11) is -3.78. The molecule has 0 aliphatic rings. The molecule has 1 aromatic carbocycles. The Bertz CT molecular complexity index is 371. The Kier molecular flexibility index (Phi) is 5.88. The zero-order chi connectivity index (χ0) is 9.90. The Labute approximate surface area is 105 Å². The van der Waals surface area contributed by atoms with E-state index in [1.54, 1.807) is 12.1 Å². The Morgan fingerprint density at radius 2 is 1.79 bits per heavy atom. The summed E-state index contributed by atoms with van der Waals surface area (Å²) in [4.78, 5) is 0.0483. The number of aryl methyl sites for hydroxylation is 1. The second-order valence-electron chi connectivity index (χ2n) is 2.51. The molecular formula is C8H11NaO4S. The second-order valence-corrected chi connectivity index (χ2v) is 4.13. The van der Waals surface area contributed by atoms with Gasteiger partial charge in [0.15, 0.2) is 6.79 Å². The Hall–Kier alpha value is 0.0900. The first kappa shape index (κ1) is 14.1. The van der Waals surface area contributed by atoms with Gasteiger partial charge in [-0.2, -0.15) is 8.42 Å². The summed E-state index contributed by atoms with van der Waals surface area (Å²) < 4.78 is 26.5. The van der Waals surface area contributed by atoms with E-state index >= 15 is 0 Å². The summed E-state index contributed by atoms with van der Waals surface area (Å²) in [6.45, 7) is 1.01.